The molecule has 46 heavy (non-hydrogen) atoms. The Morgan fingerprint density at radius 1 is 0.913 bits per heavy atom. The third kappa shape index (κ3) is 8.72. The summed E-state index contributed by atoms with van der Waals surface area (Å²) in [5, 5.41) is 15.2. The molecule has 0 saturated carbocycles. The first kappa shape index (κ1) is 32.7. The van der Waals surface area contributed by atoms with E-state index >= 15 is 0 Å². The molecule has 2 aliphatic heterocycles. The summed E-state index contributed by atoms with van der Waals surface area (Å²) < 4.78 is 11.2. The fourth-order valence-electron chi connectivity index (χ4n) is 5.65. The van der Waals surface area contributed by atoms with E-state index in [4.69, 9.17) is 9.26 Å². The maximum absolute atomic E-state index is 13.6. The largest absolute Gasteiger partial charge is 0.493 e. The van der Waals surface area contributed by atoms with Crippen molar-refractivity contribution in [2.45, 2.75) is 71.2 Å². The van der Waals surface area contributed by atoms with Crippen molar-refractivity contribution in [3.05, 3.63) is 82.7 Å². The minimum Gasteiger partial charge on any atom is -0.493 e. The SMILES string of the molecule is CC(C)C[C@H]1NC(=O)[C@@H](C)NC(=O)c2cc(on2)CN(Cc2ccc3c(c2)CCO3)CCNC(=O)[C@@H](Cc2ccccc2)NC1=O. The number of benzene rings is 2. The van der Waals surface area contributed by atoms with Gasteiger partial charge in [0.25, 0.3) is 5.91 Å². The van der Waals surface area contributed by atoms with Crippen LogP contribution in [0.2, 0.25) is 0 Å². The molecule has 3 aromatic rings. The van der Waals surface area contributed by atoms with Crippen LogP contribution in [0.5, 0.6) is 5.75 Å². The molecule has 5 rings (SSSR count). The first-order chi connectivity index (χ1) is 22.1. The lowest BCUT2D eigenvalue weighted by Gasteiger charge is -2.26. The molecule has 4 amide bonds. The van der Waals surface area contributed by atoms with Gasteiger partial charge in [0.2, 0.25) is 17.7 Å². The van der Waals surface area contributed by atoms with Gasteiger partial charge in [-0.1, -0.05) is 61.5 Å². The van der Waals surface area contributed by atoms with Crippen LogP contribution in [0.3, 0.4) is 0 Å². The van der Waals surface area contributed by atoms with Gasteiger partial charge in [-0.3, -0.25) is 24.1 Å². The van der Waals surface area contributed by atoms with Crippen molar-refractivity contribution in [1.82, 2.24) is 31.3 Å². The fourth-order valence-corrected chi connectivity index (χ4v) is 5.65. The summed E-state index contributed by atoms with van der Waals surface area (Å²) in [7, 11) is 0. The minimum absolute atomic E-state index is 0.0407. The van der Waals surface area contributed by atoms with Gasteiger partial charge in [0.1, 0.15) is 23.9 Å². The number of nitrogens with one attached hydrogen (secondary N) is 4. The maximum atomic E-state index is 13.6. The first-order valence-electron chi connectivity index (χ1n) is 15.8. The number of hydrogen-bond acceptors (Lipinski definition) is 8. The molecule has 0 fully saturated rings. The zero-order valence-electron chi connectivity index (χ0n) is 26.5. The molecule has 4 N–H and O–H groups in total. The lowest BCUT2D eigenvalue weighted by atomic mass is 10.0. The van der Waals surface area contributed by atoms with Crippen LogP contribution in [0.4, 0.5) is 0 Å². The summed E-state index contributed by atoms with van der Waals surface area (Å²) in [6, 6.07) is 14.4. The number of hydrogen-bond donors (Lipinski definition) is 4. The van der Waals surface area contributed by atoms with Gasteiger partial charge in [-0.2, -0.15) is 0 Å². The van der Waals surface area contributed by atoms with E-state index in [1.165, 1.54) is 6.92 Å². The number of fused-ring (bicyclic) bond motifs is 3. The highest BCUT2D eigenvalue weighted by Gasteiger charge is 2.30. The van der Waals surface area contributed by atoms with E-state index in [0.29, 0.717) is 45.0 Å². The Labute approximate surface area is 268 Å². The Hall–Kier alpha value is -4.71. The molecule has 0 spiro atoms. The van der Waals surface area contributed by atoms with Crippen LogP contribution in [-0.2, 0) is 40.3 Å². The van der Waals surface area contributed by atoms with Crippen molar-refractivity contribution < 1.29 is 28.4 Å². The van der Waals surface area contributed by atoms with Crippen molar-refractivity contribution >= 4 is 23.6 Å². The van der Waals surface area contributed by atoms with Crippen LogP contribution >= 0.6 is 0 Å². The average Bonchev–Trinajstić information content (AvgIpc) is 3.69. The number of amides is 4. The predicted molar refractivity (Wildman–Crippen MR) is 170 cm³/mol. The van der Waals surface area contributed by atoms with Crippen LogP contribution in [0.1, 0.15) is 60.1 Å². The van der Waals surface area contributed by atoms with E-state index in [9.17, 15) is 19.2 Å². The molecule has 12 nitrogen and oxygen atoms in total. The maximum Gasteiger partial charge on any atom is 0.274 e. The molecule has 0 saturated heterocycles. The van der Waals surface area contributed by atoms with Crippen LogP contribution in [0.25, 0.3) is 0 Å². The normalized spacial score (nSPS) is 21.7. The Balaban J connectivity index is 1.40. The van der Waals surface area contributed by atoms with Gasteiger partial charge in [-0.15, -0.1) is 0 Å². The fraction of sp³-hybridized carbons (Fsp3) is 0.441. The van der Waals surface area contributed by atoms with E-state index in [1.54, 1.807) is 6.07 Å². The summed E-state index contributed by atoms with van der Waals surface area (Å²) in [6.45, 7) is 7.69. The van der Waals surface area contributed by atoms with Crippen LogP contribution in [-0.4, -0.2) is 71.5 Å². The number of carbonyl (C=O) groups is 4. The van der Waals surface area contributed by atoms with Crippen molar-refractivity contribution in [3.8, 4) is 5.75 Å². The van der Waals surface area contributed by atoms with Gasteiger partial charge in [0.05, 0.1) is 13.2 Å². The molecular formula is C34H42N6O6. The number of aromatic nitrogens is 1. The van der Waals surface area contributed by atoms with E-state index < -0.39 is 35.8 Å². The van der Waals surface area contributed by atoms with E-state index in [2.05, 4.69) is 37.4 Å². The van der Waals surface area contributed by atoms with E-state index in [1.807, 2.05) is 56.3 Å². The third-order valence-corrected chi connectivity index (χ3v) is 8.05. The van der Waals surface area contributed by atoms with Crippen molar-refractivity contribution in [3.63, 3.8) is 0 Å². The zero-order valence-corrected chi connectivity index (χ0v) is 26.5. The van der Waals surface area contributed by atoms with Crippen LogP contribution < -0.4 is 26.0 Å². The Morgan fingerprint density at radius 3 is 2.48 bits per heavy atom. The minimum atomic E-state index is -0.960. The standard InChI is InChI=1S/C34H42N6O6/c1-21(2)15-27-33(43)38-28(17-23-7-5-4-6-8-23)32(42)35-12-13-40(19-24-9-10-30-25(16-24)11-14-45-30)20-26-18-29(39-46-26)34(44)36-22(3)31(41)37-27/h4-10,16,18,21-22,27-28H,11-15,17,19-20H2,1-3H3,(H,35,42)(H,36,44)(H,37,41)(H,38,43)/t22-,27-,28-/m1/s1. The van der Waals surface area contributed by atoms with Gasteiger partial charge < -0.3 is 30.5 Å². The van der Waals surface area contributed by atoms with E-state index in [0.717, 1.165) is 28.9 Å². The quantitative estimate of drug-likeness (QED) is 0.323. The van der Waals surface area contributed by atoms with Gasteiger partial charge in [-0.25, -0.2) is 0 Å². The summed E-state index contributed by atoms with van der Waals surface area (Å²) in [5.74, 6) is -0.473. The monoisotopic (exact) mass is 630 g/mol. The second kappa shape index (κ2) is 15.0. The van der Waals surface area contributed by atoms with E-state index in [-0.39, 0.29) is 23.9 Å². The highest BCUT2D eigenvalue weighted by molar-refractivity contribution is 5.97. The highest BCUT2D eigenvalue weighted by atomic mass is 16.5. The summed E-state index contributed by atoms with van der Waals surface area (Å²) in [4.78, 5) is 55.4. The van der Waals surface area contributed by atoms with Crippen molar-refractivity contribution in [1.29, 1.82) is 0 Å². The Bertz CT molecular complexity index is 1540. The smallest absolute Gasteiger partial charge is 0.274 e. The second-order valence-corrected chi connectivity index (χ2v) is 12.4. The molecule has 3 atom stereocenters. The molecule has 1 aromatic heterocycles. The summed E-state index contributed by atoms with van der Waals surface area (Å²) >= 11 is 0. The summed E-state index contributed by atoms with van der Waals surface area (Å²) in [6.07, 6.45) is 1.46. The first-order valence-corrected chi connectivity index (χ1v) is 15.8. The number of nitrogens with zero attached hydrogens (tertiary/aromatic N) is 2. The lowest BCUT2D eigenvalue weighted by molar-refractivity contribution is -0.132. The molecular weight excluding hydrogens is 588 g/mol. The second-order valence-electron chi connectivity index (χ2n) is 12.4. The predicted octanol–water partition coefficient (Wildman–Crippen LogP) is 2.12. The Morgan fingerprint density at radius 2 is 1.70 bits per heavy atom. The number of carbonyl (C=O) groups excluding carboxylic acids is 4. The number of ether oxygens (including phenoxy) is 1. The van der Waals surface area contributed by atoms with Gasteiger partial charge in [0.15, 0.2) is 11.5 Å². The molecule has 2 bridgehead atoms. The number of rotatable bonds is 6. The van der Waals surface area contributed by atoms with Crippen molar-refractivity contribution in [2.24, 2.45) is 5.92 Å². The zero-order chi connectivity index (χ0) is 32.6. The molecule has 2 aliphatic rings. The van der Waals surface area contributed by atoms with Gasteiger partial charge >= 0.3 is 0 Å². The van der Waals surface area contributed by atoms with Gasteiger partial charge in [0, 0.05) is 38.5 Å². The topological polar surface area (TPSA) is 155 Å². The third-order valence-electron chi connectivity index (χ3n) is 8.05. The summed E-state index contributed by atoms with van der Waals surface area (Å²) in [5.41, 5.74) is 3.15. The molecule has 0 radical (unpaired) electrons. The average molecular weight is 631 g/mol. The Kier molecular flexibility index (Phi) is 10.7. The lowest BCUT2D eigenvalue weighted by Crippen LogP contribution is -2.57. The highest BCUT2D eigenvalue weighted by Crippen LogP contribution is 2.26. The van der Waals surface area contributed by atoms with Gasteiger partial charge in [-0.05, 0) is 42.0 Å². The molecule has 2 aromatic carbocycles. The molecule has 3 heterocycles. The molecule has 0 aliphatic carbocycles. The molecule has 12 heteroatoms. The molecule has 244 valence electrons. The van der Waals surface area contributed by atoms with Crippen molar-refractivity contribution in [2.75, 3.05) is 19.7 Å². The van der Waals surface area contributed by atoms with Crippen LogP contribution in [0, 0.1) is 5.92 Å². The molecule has 0 unspecified atom stereocenters. The van der Waals surface area contributed by atoms with Crippen LogP contribution in [0.15, 0.2) is 59.1 Å².